The van der Waals surface area contributed by atoms with Crippen molar-refractivity contribution in [2.24, 2.45) is 7.05 Å². The molecule has 0 aliphatic carbocycles. The Bertz CT molecular complexity index is 1130. The van der Waals surface area contributed by atoms with Crippen molar-refractivity contribution in [3.63, 3.8) is 0 Å². The SMILES string of the molecule is Cn1cc(C(=O)NS(=O)(=O)c2ccccc2Cl)nc1-c1c(F)cccc1F. The Morgan fingerprint density at radius 3 is 2.37 bits per heavy atom. The molecule has 1 N–H and O–H groups in total. The lowest BCUT2D eigenvalue weighted by Crippen LogP contribution is -2.31. The Morgan fingerprint density at radius 1 is 1.11 bits per heavy atom. The van der Waals surface area contributed by atoms with E-state index in [-0.39, 0.29) is 21.4 Å². The van der Waals surface area contributed by atoms with Gasteiger partial charge >= 0.3 is 0 Å². The topological polar surface area (TPSA) is 81.1 Å². The van der Waals surface area contributed by atoms with E-state index in [1.54, 1.807) is 0 Å². The van der Waals surface area contributed by atoms with E-state index in [2.05, 4.69) is 4.98 Å². The molecule has 0 unspecified atom stereocenters. The van der Waals surface area contributed by atoms with Crippen molar-refractivity contribution in [3.05, 3.63) is 71.0 Å². The van der Waals surface area contributed by atoms with E-state index < -0.39 is 33.1 Å². The number of hydrogen-bond acceptors (Lipinski definition) is 4. The third kappa shape index (κ3) is 3.69. The van der Waals surface area contributed by atoms with Gasteiger partial charge in [0.2, 0.25) is 0 Å². The molecular weight excluding hydrogens is 400 g/mol. The predicted octanol–water partition coefficient (Wildman–Crippen LogP) is 3.14. The first-order chi connectivity index (χ1) is 12.7. The van der Waals surface area contributed by atoms with Gasteiger partial charge in [-0.1, -0.05) is 29.8 Å². The normalized spacial score (nSPS) is 11.4. The van der Waals surface area contributed by atoms with Gasteiger partial charge in [-0.2, -0.15) is 0 Å². The van der Waals surface area contributed by atoms with E-state index in [9.17, 15) is 22.0 Å². The summed E-state index contributed by atoms with van der Waals surface area (Å²) in [6.07, 6.45) is 1.17. The zero-order valence-electron chi connectivity index (χ0n) is 13.8. The van der Waals surface area contributed by atoms with Gasteiger partial charge in [0.05, 0.1) is 10.6 Å². The summed E-state index contributed by atoms with van der Waals surface area (Å²) in [6, 6.07) is 8.88. The number of rotatable bonds is 4. The number of carbonyl (C=O) groups is 1. The van der Waals surface area contributed by atoms with Crippen LogP contribution in [0.15, 0.2) is 53.6 Å². The molecule has 1 aromatic heterocycles. The van der Waals surface area contributed by atoms with E-state index in [1.807, 2.05) is 4.72 Å². The quantitative estimate of drug-likeness (QED) is 0.715. The lowest BCUT2D eigenvalue weighted by Gasteiger charge is -2.06. The largest absolute Gasteiger partial charge is 0.333 e. The van der Waals surface area contributed by atoms with E-state index in [1.165, 1.54) is 48.1 Å². The first-order valence-corrected chi connectivity index (χ1v) is 9.36. The van der Waals surface area contributed by atoms with Crippen LogP contribution in [-0.4, -0.2) is 23.9 Å². The zero-order valence-corrected chi connectivity index (χ0v) is 15.4. The van der Waals surface area contributed by atoms with Crippen molar-refractivity contribution in [1.82, 2.24) is 14.3 Å². The van der Waals surface area contributed by atoms with Crippen LogP contribution in [0.4, 0.5) is 8.78 Å². The van der Waals surface area contributed by atoms with Crippen molar-refractivity contribution in [2.45, 2.75) is 4.90 Å². The van der Waals surface area contributed by atoms with E-state index in [0.717, 1.165) is 12.1 Å². The summed E-state index contributed by atoms with van der Waals surface area (Å²) in [5, 5.41) is -0.0621. The van der Waals surface area contributed by atoms with Crippen LogP contribution in [0.3, 0.4) is 0 Å². The molecule has 0 radical (unpaired) electrons. The third-order valence-corrected chi connectivity index (χ3v) is 5.48. The van der Waals surface area contributed by atoms with E-state index >= 15 is 0 Å². The van der Waals surface area contributed by atoms with Crippen LogP contribution in [0.5, 0.6) is 0 Å². The summed E-state index contributed by atoms with van der Waals surface area (Å²) in [6.45, 7) is 0. The van der Waals surface area contributed by atoms with Gasteiger partial charge in [-0.3, -0.25) is 4.79 Å². The molecule has 0 saturated carbocycles. The van der Waals surface area contributed by atoms with Gasteiger partial charge in [0, 0.05) is 13.2 Å². The number of sulfonamides is 1. The minimum absolute atomic E-state index is 0.0621. The minimum Gasteiger partial charge on any atom is -0.333 e. The number of aromatic nitrogens is 2. The van der Waals surface area contributed by atoms with Crippen LogP contribution in [0, 0.1) is 11.6 Å². The molecular formula is C17H12ClF2N3O3S. The Labute approximate surface area is 158 Å². The van der Waals surface area contributed by atoms with Crippen molar-refractivity contribution >= 4 is 27.5 Å². The number of nitrogens with zero attached hydrogens (tertiary/aromatic N) is 2. The van der Waals surface area contributed by atoms with Gasteiger partial charge in [0.25, 0.3) is 15.9 Å². The monoisotopic (exact) mass is 411 g/mol. The molecule has 0 saturated heterocycles. The van der Waals surface area contributed by atoms with Crippen LogP contribution in [0.1, 0.15) is 10.5 Å². The molecule has 0 atom stereocenters. The summed E-state index contributed by atoms with van der Waals surface area (Å²) in [5.74, 6) is -2.95. The second-order valence-corrected chi connectivity index (χ2v) is 7.58. The minimum atomic E-state index is -4.25. The van der Waals surface area contributed by atoms with Crippen LogP contribution in [0.2, 0.25) is 5.02 Å². The van der Waals surface area contributed by atoms with Gasteiger partial charge in [-0.25, -0.2) is 26.9 Å². The molecule has 1 heterocycles. The fraction of sp³-hybridized carbons (Fsp3) is 0.0588. The lowest BCUT2D eigenvalue weighted by molar-refractivity contribution is 0.0977. The number of nitrogens with one attached hydrogen (secondary N) is 1. The van der Waals surface area contributed by atoms with E-state index in [4.69, 9.17) is 11.6 Å². The maximum atomic E-state index is 14.0. The third-order valence-electron chi connectivity index (χ3n) is 3.65. The average molecular weight is 412 g/mol. The van der Waals surface area contributed by atoms with Crippen molar-refractivity contribution in [3.8, 4) is 11.4 Å². The number of hydrogen-bond donors (Lipinski definition) is 1. The van der Waals surface area contributed by atoms with Crippen LogP contribution in [-0.2, 0) is 17.1 Å². The van der Waals surface area contributed by atoms with Crippen molar-refractivity contribution in [2.75, 3.05) is 0 Å². The zero-order chi connectivity index (χ0) is 19.8. The van der Waals surface area contributed by atoms with Gasteiger partial charge in [-0.05, 0) is 24.3 Å². The highest BCUT2D eigenvalue weighted by Crippen LogP contribution is 2.25. The molecule has 0 spiro atoms. The second kappa shape index (κ2) is 7.09. The predicted molar refractivity (Wildman–Crippen MR) is 94.7 cm³/mol. The van der Waals surface area contributed by atoms with E-state index in [0.29, 0.717) is 0 Å². The number of amides is 1. The molecule has 3 rings (SSSR count). The molecule has 6 nitrogen and oxygen atoms in total. The van der Waals surface area contributed by atoms with Gasteiger partial charge < -0.3 is 4.57 Å². The maximum absolute atomic E-state index is 14.0. The van der Waals surface area contributed by atoms with Gasteiger partial charge in [-0.15, -0.1) is 0 Å². The molecule has 10 heteroatoms. The molecule has 0 aliphatic rings. The molecule has 0 aliphatic heterocycles. The average Bonchev–Trinajstić information content (AvgIpc) is 2.96. The van der Waals surface area contributed by atoms with Crippen LogP contribution < -0.4 is 4.72 Å². The Kier molecular flexibility index (Phi) is 4.99. The molecule has 140 valence electrons. The highest BCUT2D eigenvalue weighted by Gasteiger charge is 2.24. The fourth-order valence-corrected chi connectivity index (χ4v) is 3.89. The maximum Gasteiger partial charge on any atom is 0.285 e. The standard InChI is InChI=1S/C17H12ClF2N3O3S/c1-23-9-13(21-16(23)15-11(19)6-4-7-12(15)20)17(24)22-27(25,26)14-8-3-2-5-10(14)18/h2-9H,1H3,(H,22,24). The Morgan fingerprint density at radius 2 is 1.74 bits per heavy atom. The summed E-state index contributed by atoms with van der Waals surface area (Å²) in [5.41, 5.74) is -0.751. The smallest absolute Gasteiger partial charge is 0.285 e. The number of aryl methyl sites for hydroxylation is 1. The van der Waals surface area contributed by atoms with Gasteiger partial charge in [0.1, 0.15) is 28.0 Å². The van der Waals surface area contributed by atoms with Crippen molar-refractivity contribution < 1.29 is 22.0 Å². The molecule has 27 heavy (non-hydrogen) atoms. The lowest BCUT2D eigenvalue weighted by atomic mass is 10.2. The molecule has 3 aromatic rings. The highest BCUT2D eigenvalue weighted by atomic mass is 35.5. The molecule has 2 aromatic carbocycles. The molecule has 0 fully saturated rings. The summed E-state index contributed by atoms with van der Waals surface area (Å²) in [4.78, 5) is 15.9. The summed E-state index contributed by atoms with van der Waals surface area (Å²) < 4.78 is 55.6. The summed E-state index contributed by atoms with van der Waals surface area (Å²) in [7, 11) is -2.83. The van der Waals surface area contributed by atoms with Crippen LogP contribution >= 0.6 is 11.6 Å². The second-order valence-electron chi connectivity index (χ2n) is 5.52. The summed E-state index contributed by atoms with van der Waals surface area (Å²) >= 11 is 5.85. The Balaban J connectivity index is 1.95. The number of benzene rings is 2. The Hall–Kier alpha value is -2.78. The highest BCUT2D eigenvalue weighted by molar-refractivity contribution is 7.90. The van der Waals surface area contributed by atoms with Crippen LogP contribution in [0.25, 0.3) is 11.4 Å². The first-order valence-electron chi connectivity index (χ1n) is 7.50. The number of halogens is 3. The molecule has 0 bridgehead atoms. The van der Waals surface area contributed by atoms with Crippen molar-refractivity contribution in [1.29, 1.82) is 0 Å². The number of imidazole rings is 1. The first kappa shape index (κ1) is 19.0. The van der Waals surface area contributed by atoms with Gasteiger partial charge in [0.15, 0.2) is 0 Å². The number of carbonyl (C=O) groups excluding carboxylic acids is 1. The molecule has 1 amide bonds. The fourth-order valence-electron chi connectivity index (χ4n) is 2.41.